The van der Waals surface area contributed by atoms with Crippen LogP contribution in [0.25, 0.3) is 0 Å². The molecule has 0 amide bonds. The van der Waals surface area contributed by atoms with Crippen molar-refractivity contribution in [2.24, 2.45) is 5.92 Å². The number of nitrogens with zero attached hydrogens (tertiary/aromatic N) is 3. The summed E-state index contributed by atoms with van der Waals surface area (Å²) < 4.78 is 1.60. The van der Waals surface area contributed by atoms with Crippen LogP contribution >= 0.6 is 0 Å². The summed E-state index contributed by atoms with van der Waals surface area (Å²) in [5, 5.41) is 15.9. The predicted octanol–water partition coefficient (Wildman–Crippen LogP) is 1.41. The van der Waals surface area contributed by atoms with Crippen LogP contribution in [-0.4, -0.2) is 26.1 Å². The standard InChI is InChI=1S/C9H15N3O2/c1-3-7(4-2)5-12-6-8(9(13)14)10-11-12/h6-7H,3-5H2,1-2H3,(H,13,14). The molecule has 1 aromatic heterocycles. The molecule has 0 bridgehead atoms. The Balaban J connectivity index is 2.63. The zero-order valence-electron chi connectivity index (χ0n) is 8.47. The zero-order valence-corrected chi connectivity index (χ0v) is 8.47. The average molecular weight is 197 g/mol. The second kappa shape index (κ2) is 4.74. The molecule has 0 unspecified atom stereocenters. The third kappa shape index (κ3) is 2.55. The first-order valence-electron chi connectivity index (χ1n) is 4.80. The second-order valence-corrected chi connectivity index (χ2v) is 3.31. The Kier molecular flexibility index (Phi) is 3.62. The molecular weight excluding hydrogens is 182 g/mol. The minimum Gasteiger partial charge on any atom is -0.476 e. The highest BCUT2D eigenvalue weighted by molar-refractivity contribution is 5.84. The lowest BCUT2D eigenvalue weighted by Gasteiger charge is -2.10. The minimum absolute atomic E-state index is 0.0101. The van der Waals surface area contributed by atoms with Crippen molar-refractivity contribution in [1.29, 1.82) is 0 Å². The van der Waals surface area contributed by atoms with Gasteiger partial charge in [0.05, 0.1) is 6.20 Å². The lowest BCUT2D eigenvalue weighted by Crippen LogP contribution is -2.09. The molecule has 5 nitrogen and oxygen atoms in total. The van der Waals surface area contributed by atoms with Crippen molar-refractivity contribution in [1.82, 2.24) is 15.0 Å². The van der Waals surface area contributed by atoms with E-state index in [9.17, 15) is 4.79 Å². The summed E-state index contributed by atoms with van der Waals surface area (Å²) in [6.07, 6.45) is 3.61. The van der Waals surface area contributed by atoms with Crippen molar-refractivity contribution in [2.75, 3.05) is 0 Å². The zero-order chi connectivity index (χ0) is 10.6. The summed E-state index contributed by atoms with van der Waals surface area (Å²) in [5.74, 6) is -0.487. The maximum atomic E-state index is 10.5. The van der Waals surface area contributed by atoms with Crippen molar-refractivity contribution in [2.45, 2.75) is 33.2 Å². The van der Waals surface area contributed by atoms with Crippen LogP contribution in [0, 0.1) is 5.92 Å². The van der Waals surface area contributed by atoms with Crippen molar-refractivity contribution >= 4 is 5.97 Å². The van der Waals surface area contributed by atoms with Gasteiger partial charge in [-0.25, -0.2) is 4.79 Å². The molecule has 1 heterocycles. The predicted molar refractivity (Wildman–Crippen MR) is 51.1 cm³/mol. The van der Waals surface area contributed by atoms with Gasteiger partial charge in [-0.2, -0.15) is 0 Å². The molecular formula is C9H15N3O2. The Morgan fingerprint density at radius 1 is 1.57 bits per heavy atom. The Morgan fingerprint density at radius 3 is 2.64 bits per heavy atom. The highest BCUT2D eigenvalue weighted by Crippen LogP contribution is 2.09. The van der Waals surface area contributed by atoms with Gasteiger partial charge in [0.25, 0.3) is 0 Å². The van der Waals surface area contributed by atoms with Gasteiger partial charge in [-0.05, 0) is 5.92 Å². The Hall–Kier alpha value is -1.39. The van der Waals surface area contributed by atoms with Crippen molar-refractivity contribution in [3.8, 4) is 0 Å². The number of hydrogen-bond acceptors (Lipinski definition) is 3. The minimum atomic E-state index is -1.03. The summed E-state index contributed by atoms with van der Waals surface area (Å²) in [4.78, 5) is 10.5. The molecule has 1 rings (SSSR count). The number of aromatic carboxylic acids is 1. The van der Waals surface area contributed by atoms with Crippen LogP contribution in [0.2, 0.25) is 0 Å². The molecule has 1 N–H and O–H groups in total. The fraction of sp³-hybridized carbons (Fsp3) is 0.667. The Morgan fingerprint density at radius 2 is 2.21 bits per heavy atom. The van der Waals surface area contributed by atoms with Crippen molar-refractivity contribution < 1.29 is 9.90 Å². The molecule has 0 spiro atoms. The molecule has 0 atom stereocenters. The van der Waals surface area contributed by atoms with E-state index in [0.717, 1.165) is 19.4 Å². The molecule has 0 aliphatic rings. The molecule has 0 aliphatic carbocycles. The van der Waals surface area contributed by atoms with Crippen molar-refractivity contribution in [3.63, 3.8) is 0 Å². The van der Waals surface area contributed by atoms with Crippen molar-refractivity contribution in [3.05, 3.63) is 11.9 Å². The highest BCUT2D eigenvalue weighted by atomic mass is 16.4. The molecule has 0 fully saturated rings. The van der Waals surface area contributed by atoms with Gasteiger partial charge < -0.3 is 5.11 Å². The molecule has 0 aliphatic heterocycles. The molecule has 5 heteroatoms. The summed E-state index contributed by atoms with van der Waals surface area (Å²) in [6, 6.07) is 0. The van der Waals surface area contributed by atoms with Crippen LogP contribution in [0.5, 0.6) is 0 Å². The molecule has 0 saturated heterocycles. The van der Waals surface area contributed by atoms with E-state index in [0.29, 0.717) is 5.92 Å². The maximum absolute atomic E-state index is 10.5. The summed E-state index contributed by atoms with van der Waals surface area (Å²) in [5.41, 5.74) is 0.0101. The Bertz CT molecular complexity index is 305. The number of carboxylic acids is 1. The molecule has 14 heavy (non-hydrogen) atoms. The van der Waals surface area contributed by atoms with Crippen LogP contribution in [-0.2, 0) is 6.54 Å². The number of aromatic nitrogens is 3. The first-order valence-corrected chi connectivity index (χ1v) is 4.80. The number of rotatable bonds is 5. The van der Waals surface area contributed by atoms with E-state index in [1.54, 1.807) is 4.68 Å². The first kappa shape index (κ1) is 10.7. The van der Waals surface area contributed by atoms with E-state index in [1.165, 1.54) is 6.20 Å². The largest absolute Gasteiger partial charge is 0.476 e. The van der Waals surface area contributed by atoms with Crippen LogP contribution in [0.1, 0.15) is 37.2 Å². The topological polar surface area (TPSA) is 68.0 Å². The monoisotopic (exact) mass is 197 g/mol. The normalized spacial score (nSPS) is 10.8. The maximum Gasteiger partial charge on any atom is 0.358 e. The van der Waals surface area contributed by atoms with Gasteiger partial charge in [-0.3, -0.25) is 4.68 Å². The summed E-state index contributed by atoms with van der Waals surface area (Å²) in [6.45, 7) is 4.97. The van der Waals surface area contributed by atoms with Crippen LogP contribution < -0.4 is 0 Å². The van der Waals surface area contributed by atoms with Gasteiger partial charge >= 0.3 is 5.97 Å². The van der Waals surface area contributed by atoms with Gasteiger partial charge in [0.1, 0.15) is 0 Å². The number of carboxylic acid groups (broad SMARTS) is 1. The summed E-state index contributed by atoms with van der Waals surface area (Å²) in [7, 11) is 0. The summed E-state index contributed by atoms with van der Waals surface area (Å²) >= 11 is 0. The van der Waals surface area contributed by atoms with Gasteiger partial charge in [-0.1, -0.05) is 31.9 Å². The Labute approximate surface area is 82.7 Å². The lowest BCUT2D eigenvalue weighted by molar-refractivity contribution is 0.0690. The fourth-order valence-corrected chi connectivity index (χ4v) is 1.30. The molecule has 0 radical (unpaired) electrons. The van der Waals surface area contributed by atoms with E-state index >= 15 is 0 Å². The first-order chi connectivity index (χ1) is 6.67. The van der Waals surface area contributed by atoms with Gasteiger partial charge in [0.2, 0.25) is 0 Å². The third-order valence-electron chi connectivity index (χ3n) is 2.36. The molecule has 0 saturated carbocycles. The van der Waals surface area contributed by atoms with Gasteiger partial charge in [-0.15, -0.1) is 5.10 Å². The van der Waals surface area contributed by atoms with E-state index in [1.807, 2.05) is 0 Å². The number of carbonyl (C=O) groups is 1. The fourth-order valence-electron chi connectivity index (χ4n) is 1.30. The van der Waals surface area contributed by atoms with E-state index in [4.69, 9.17) is 5.11 Å². The molecule has 78 valence electrons. The van der Waals surface area contributed by atoms with Crippen LogP contribution in [0.15, 0.2) is 6.20 Å². The molecule has 0 aromatic carbocycles. The average Bonchev–Trinajstić information content (AvgIpc) is 2.62. The van der Waals surface area contributed by atoms with Crippen LogP contribution in [0.4, 0.5) is 0 Å². The van der Waals surface area contributed by atoms with Gasteiger partial charge in [0.15, 0.2) is 5.69 Å². The van der Waals surface area contributed by atoms with E-state index in [2.05, 4.69) is 24.2 Å². The highest BCUT2D eigenvalue weighted by Gasteiger charge is 2.10. The molecule has 1 aromatic rings. The second-order valence-electron chi connectivity index (χ2n) is 3.31. The SMILES string of the molecule is CCC(CC)Cn1cc(C(=O)O)nn1. The van der Waals surface area contributed by atoms with E-state index in [-0.39, 0.29) is 5.69 Å². The van der Waals surface area contributed by atoms with Crippen LogP contribution in [0.3, 0.4) is 0 Å². The lowest BCUT2D eigenvalue weighted by atomic mass is 10.0. The third-order valence-corrected chi connectivity index (χ3v) is 2.36. The smallest absolute Gasteiger partial charge is 0.358 e. The number of hydrogen-bond donors (Lipinski definition) is 1. The van der Waals surface area contributed by atoms with Gasteiger partial charge in [0, 0.05) is 6.54 Å². The quantitative estimate of drug-likeness (QED) is 0.775. The van der Waals surface area contributed by atoms with E-state index < -0.39 is 5.97 Å².